The number of methoxy groups -OCH3 is 1. The predicted molar refractivity (Wildman–Crippen MR) is 98.3 cm³/mol. The molecule has 1 unspecified atom stereocenters. The van der Waals surface area contributed by atoms with E-state index in [0.29, 0.717) is 6.04 Å². The minimum atomic E-state index is 0. The molecule has 6 heteroatoms. The summed E-state index contributed by atoms with van der Waals surface area (Å²) in [6.07, 6.45) is 4.97. The Morgan fingerprint density at radius 1 is 1.24 bits per heavy atom. The van der Waals surface area contributed by atoms with Gasteiger partial charge in [-0.1, -0.05) is 6.92 Å². The van der Waals surface area contributed by atoms with Crippen molar-refractivity contribution in [3.8, 4) is 0 Å². The van der Waals surface area contributed by atoms with Gasteiger partial charge in [0.2, 0.25) is 0 Å². The summed E-state index contributed by atoms with van der Waals surface area (Å²) in [5, 5.41) is 0. The second kappa shape index (κ2) is 9.84. The van der Waals surface area contributed by atoms with Gasteiger partial charge in [-0.2, -0.15) is 0 Å². The highest BCUT2D eigenvalue weighted by atomic mass is 127. The molecule has 0 aromatic heterocycles. The highest BCUT2D eigenvalue weighted by molar-refractivity contribution is 14.0. The monoisotopic (exact) mass is 410 g/mol. The van der Waals surface area contributed by atoms with Gasteiger partial charge in [0, 0.05) is 32.8 Å². The van der Waals surface area contributed by atoms with E-state index in [4.69, 9.17) is 10.5 Å². The number of ether oxygens (including phenoxy) is 1. The average Bonchev–Trinajstić information content (AvgIpc) is 2.90. The van der Waals surface area contributed by atoms with Crippen molar-refractivity contribution >= 4 is 29.9 Å². The highest BCUT2D eigenvalue weighted by Gasteiger charge is 2.24. The SMILES string of the molecule is COCCN1CCCC1CN=C(N)N1CCC(C)CC1.I. The number of hydrogen-bond donors (Lipinski definition) is 1. The standard InChI is InChI=1S/C15H30N4O.HI/c1-13-5-8-19(9-6-13)15(16)17-12-14-4-3-7-18(14)10-11-20-2;/h13-14H,3-12H2,1-2H3,(H2,16,17);1H. The third-order valence-electron chi connectivity index (χ3n) is 4.65. The lowest BCUT2D eigenvalue weighted by Gasteiger charge is -2.31. The van der Waals surface area contributed by atoms with Crippen LogP contribution in [0.3, 0.4) is 0 Å². The van der Waals surface area contributed by atoms with Crippen LogP contribution in [-0.4, -0.2) is 68.2 Å². The van der Waals surface area contributed by atoms with E-state index in [1.807, 2.05) is 0 Å². The Bertz CT molecular complexity index is 319. The summed E-state index contributed by atoms with van der Waals surface area (Å²) in [7, 11) is 1.76. The van der Waals surface area contributed by atoms with Crippen LogP contribution < -0.4 is 5.73 Å². The van der Waals surface area contributed by atoms with Crippen LogP contribution in [0.25, 0.3) is 0 Å². The molecule has 2 saturated heterocycles. The molecular formula is C15H31IN4O. The molecule has 0 aliphatic carbocycles. The molecule has 0 spiro atoms. The number of likely N-dealkylation sites (tertiary alicyclic amines) is 2. The van der Waals surface area contributed by atoms with Crippen LogP contribution in [0.5, 0.6) is 0 Å². The number of nitrogens with zero attached hydrogens (tertiary/aromatic N) is 3. The third kappa shape index (κ3) is 5.90. The van der Waals surface area contributed by atoms with E-state index in [1.54, 1.807) is 7.11 Å². The quantitative estimate of drug-likeness (QED) is 0.427. The largest absolute Gasteiger partial charge is 0.383 e. The Morgan fingerprint density at radius 3 is 2.62 bits per heavy atom. The predicted octanol–water partition coefficient (Wildman–Crippen LogP) is 1.76. The number of guanidine groups is 1. The normalized spacial score (nSPS) is 25.1. The first-order valence-corrected chi connectivity index (χ1v) is 7.98. The maximum Gasteiger partial charge on any atom is 0.191 e. The number of nitrogens with two attached hydrogens (primary N) is 1. The van der Waals surface area contributed by atoms with E-state index in [9.17, 15) is 0 Å². The first kappa shape index (κ1) is 19.0. The Balaban J connectivity index is 0.00000220. The van der Waals surface area contributed by atoms with Gasteiger partial charge < -0.3 is 15.4 Å². The van der Waals surface area contributed by atoms with Crippen LogP contribution >= 0.6 is 24.0 Å². The van der Waals surface area contributed by atoms with Gasteiger partial charge in [0.15, 0.2) is 5.96 Å². The van der Waals surface area contributed by atoms with E-state index in [0.717, 1.165) is 44.7 Å². The van der Waals surface area contributed by atoms with Gasteiger partial charge in [0.25, 0.3) is 0 Å². The zero-order valence-electron chi connectivity index (χ0n) is 13.5. The molecule has 0 saturated carbocycles. The van der Waals surface area contributed by atoms with Crippen molar-refractivity contribution in [3.63, 3.8) is 0 Å². The molecule has 0 aromatic carbocycles. The molecule has 2 N–H and O–H groups in total. The summed E-state index contributed by atoms with van der Waals surface area (Å²) < 4.78 is 5.17. The first-order chi connectivity index (χ1) is 9.70. The average molecular weight is 410 g/mol. The fourth-order valence-electron chi connectivity index (χ4n) is 3.14. The Hall–Kier alpha value is -0.0800. The molecular weight excluding hydrogens is 379 g/mol. The molecule has 2 aliphatic rings. The smallest absolute Gasteiger partial charge is 0.191 e. The lowest BCUT2D eigenvalue weighted by molar-refractivity contribution is 0.142. The van der Waals surface area contributed by atoms with E-state index < -0.39 is 0 Å². The zero-order valence-corrected chi connectivity index (χ0v) is 15.8. The van der Waals surface area contributed by atoms with Crippen molar-refractivity contribution in [2.75, 3.05) is 46.4 Å². The fourth-order valence-corrected chi connectivity index (χ4v) is 3.14. The summed E-state index contributed by atoms with van der Waals surface area (Å²) in [4.78, 5) is 9.38. The maximum absolute atomic E-state index is 6.15. The third-order valence-corrected chi connectivity index (χ3v) is 4.65. The van der Waals surface area contributed by atoms with Crippen molar-refractivity contribution in [2.45, 2.75) is 38.6 Å². The summed E-state index contributed by atoms with van der Waals surface area (Å²) >= 11 is 0. The fraction of sp³-hybridized carbons (Fsp3) is 0.933. The van der Waals surface area contributed by atoms with Gasteiger partial charge in [0.05, 0.1) is 13.2 Å². The summed E-state index contributed by atoms with van der Waals surface area (Å²) in [6, 6.07) is 0.549. The van der Waals surface area contributed by atoms with Crippen LogP contribution in [-0.2, 0) is 4.74 Å². The van der Waals surface area contributed by atoms with Crippen molar-refractivity contribution in [1.82, 2.24) is 9.80 Å². The number of aliphatic imine (C=N–C) groups is 1. The second-order valence-corrected chi connectivity index (χ2v) is 6.19. The lowest BCUT2D eigenvalue weighted by Crippen LogP contribution is -2.43. The van der Waals surface area contributed by atoms with Crippen molar-refractivity contribution in [2.24, 2.45) is 16.6 Å². The Labute approximate surface area is 146 Å². The molecule has 2 rings (SSSR count). The number of halogens is 1. The molecule has 0 radical (unpaired) electrons. The van der Waals surface area contributed by atoms with Crippen LogP contribution in [0.15, 0.2) is 4.99 Å². The minimum Gasteiger partial charge on any atom is -0.383 e. The molecule has 2 aliphatic heterocycles. The minimum absolute atomic E-state index is 0. The molecule has 21 heavy (non-hydrogen) atoms. The lowest BCUT2D eigenvalue weighted by atomic mass is 10.00. The van der Waals surface area contributed by atoms with Crippen LogP contribution in [0.2, 0.25) is 0 Å². The first-order valence-electron chi connectivity index (χ1n) is 7.98. The van der Waals surface area contributed by atoms with Gasteiger partial charge in [-0.25, -0.2) is 0 Å². The molecule has 1 atom stereocenters. The highest BCUT2D eigenvalue weighted by Crippen LogP contribution is 2.18. The molecule has 0 amide bonds. The molecule has 0 aromatic rings. The van der Waals surface area contributed by atoms with Gasteiger partial charge >= 0.3 is 0 Å². The van der Waals surface area contributed by atoms with Gasteiger partial charge in [0.1, 0.15) is 0 Å². The number of rotatable bonds is 5. The van der Waals surface area contributed by atoms with E-state index in [-0.39, 0.29) is 24.0 Å². The molecule has 2 heterocycles. The van der Waals surface area contributed by atoms with Gasteiger partial charge in [-0.3, -0.25) is 9.89 Å². The zero-order chi connectivity index (χ0) is 14.4. The van der Waals surface area contributed by atoms with E-state index in [2.05, 4.69) is 21.7 Å². The van der Waals surface area contributed by atoms with E-state index in [1.165, 1.54) is 32.2 Å². The molecule has 0 bridgehead atoms. The topological polar surface area (TPSA) is 54.1 Å². The molecule has 5 nitrogen and oxygen atoms in total. The Morgan fingerprint density at radius 2 is 1.95 bits per heavy atom. The van der Waals surface area contributed by atoms with Gasteiger partial charge in [-0.05, 0) is 38.1 Å². The second-order valence-electron chi connectivity index (χ2n) is 6.19. The van der Waals surface area contributed by atoms with Crippen molar-refractivity contribution < 1.29 is 4.74 Å². The van der Waals surface area contributed by atoms with Crippen LogP contribution in [0, 0.1) is 5.92 Å². The van der Waals surface area contributed by atoms with Crippen LogP contribution in [0.4, 0.5) is 0 Å². The van der Waals surface area contributed by atoms with Crippen LogP contribution in [0.1, 0.15) is 32.6 Å². The number of piperidine rings is 1. The van der Waals surface area contributed by atoms with Gasteiger partial charge in [-0.15, -0.1) is 24.0 Å². The maximum atomic E-state index is 6.15. The number of hydrogen-bond acceptors (Lipinski definition) is 3. The Kier molecular flexibility index (Phi) is 8.89. The summed E-state index contributed by atoms with van der Waals surface area (Å²) in [5.41, 5.74) is 6.15. The van der Waals surface area contributed by atoms with Crippen molar-refractivity contribution in [3.05, 3.63) is 0 Å². The van der Waals surface area contributed by atoms with Crippen molar-refractivity contribution in [1.29, 1.82) is 0 Å². The van der Waals surface area contributed by atoms with E-state index >= 15 is 0 Å². The summed E-state index contributed by atoms with van der Waals surface area (Å²) in [6.45, 7) is 8.27. The molecule has 2 fully saturated rings. The molecule has 124 valence electrons. The summed E-state index contributed by atoms with van der Waals surface area (Å²) in [5.74, 6) is 1.58.